The lowest BCUT2D eigenvalue weighted by molar-refractivity contribution is 0.294. The highest BCUT2D eigenvalue weighted by atomic mass is 16.5. The van der Waals surface area contributed by atoms with Gasteiger partial charge in [0.15, 0.2) is 0 Å². The molecule has 0 fully saturated rings. The van der Waals surface area contributed by atoms with E-state index in [1.54, 1.807) is 0 Å². The summed E-state index contributed by atoms with van der Waals surface area (Å²) in [6, 6.07) is 7.98. The first-order valence-electron chi connectivity index (χ1n) is 6.68. The summed E-state index contributed by atoms with van der Waals surface area (Å²) in [5.41, 5.74) is 8.03. The van der Waals surface area contributed by atoms with Crippen LogP contribution in [-0.2, 0) is 13.2 Å². The van der Waals surface area contributed by atoms with Crippen LogP contribution in [0.15, 0.2) is 36.8 Å². The number of benzene rings is 1. The highest BCUT2D eigenvalue weighted by Crippen LogP contribution is 2.17. The van der Waals surface area contributed by atoms with E-state index in [1.807, 2.05) is 43.7 Å². The Hall–Kier alpha value is -1.81. The molecule has 0 unspecified atom stereocenters. The fourth-order valence-corrected chi connectivity index (χ4v) is 1.94. The van der Waals surface area contributed by atoms with Crippen LogP contribution in [-0.4, -0.2) is 9.55 Å². The maximum atomic E-state index is 5.82. The van der Waals surface area contributed by atoms with Crippen molar-refractivity contribution in [2.24, 2.45) is 5.73 Å². The molecule has 19 heavy (non-hydrogen) atoms. The molecule has 1 heterocycles. The summed E-state index contributed by atoms with van der Waals surface area (Å²) in [6.07, 6.45) is 4.79. The second-order valence-corrected chi connectivity index (χ2v) is 4.72. The van der Waals surface area contributed by atoms with Gasteiger partial charge in [0.2, 0.25) is 0 Å². The van der Waals surface area contributed by atoms with Crippen LogP contribution in [0.3, 0.4) is 0 Å². The van der Waals surface area contributed by atoms with Gasteiger partial charge in [0.1, 0.15) is 12.4 Å². The number of hydrogen-bond acceptors (Lipinski definition) is 3. The van der Waals surface area contributed by atoms with Crippen molar-refractivity contribution in [3.8, 4) is 5.75 Å². The Labute approximate surface area is 114 Å². The van der Waals surface area contributed by atoms with E-state index in [2.05, 4.69) is 16.5 Å². The number of imidazole rings is 1. The Bertz CT molecular complexity index is 502. The summed E-state index contributed by atoms with van der Waals surface area (Å²) in [6.45, 7) is 5.64. The maximum absolute atomic E-state index is 5.82. The molecule has 1 aromatic carbocycles. The monoisotopic (exact) mass is 259 g/mol. The largest absolute Gasteiger partial charge is 0.487 e. The van der Waals surface area contributed by atoms with Crippen molar-refractivity contribution < 1.29 is 4.74 Å². The number of ether oxygens (including phenoxy) is 1. The summed E-state index contributed by atoms with van der Waals surface area (Å²) in [7, 11) is 0. The third-order valence-corrected chi connectivity index (χ3v) is 3.06. The van der Waals surface area contributed by atoms with Crippen LogP contribution in [0.5, 0.6) is 5.75 Å². The Morgan fingerprint density at radius 2 is 2.05 bits per heavy atom. The average molecular weight is 259 g/mol. The van der Waals surface area contributed by atoms with E-state index in [0.29, 0.717) is 6.61 Å². The van der Waals surface area contributed by atoms with E-state index >= 15 is 0 Å². The summed E-state index contributed by atoms with van der Waals surface area (Å²) in [5, 5.41) is 0. The lowest BCUT2D eigenvalue weighted by Crippen LogP contribution is -2.06. The fraction of sp³-hybridized carbons (Fsp3) is 0.400. The normalized spacial score (nSPS) is 12.4. The number of nitrogens with zero attached hydrogens (tertiary/aromatic N) is 2. The lowest BCUT2D eigenvalue weighted by atomic mass is 10.1. The summed E-state index contributed by atoms with van der Waals surface area (Å²) >= 11 is 0. The Balaban J connectivity index is 1.96. The van der Waals surface area contributed by atoms with Gasteiger partial charge < -0.3 is 15.0 Å². The van der Waals surface area contributed by atoms with Crippen LogP contribution in [0.1, 0.15) is 37.6 Å². The molecule has 0 saturated heterocycles. The SMILES string of the molecule is CCCn1cncc1COc1ccc([C@@H](C)N)cc1. The van der Waals surface area contributed by atoms with Crippen LogP contribution in [0.4, 0.5) is 0 Å². The van der Waals surface area contributed by atoms with Crippen LogP contribution in [0.2, 0.25) is 0 Å². The zero-order valence-corrected chi connectivity index (χ0v) is 11.5. The van der Waals surface area contributed by atoms with Gasteiger partial charge in [-0.1, -0.05) is 19.1 Å². The molecule has 102 valence electrons. The van der Waals surface area contributed by atoms with Gasteiger partial charge >= 0.3 is 0 Å². The van der Waals surface area contributed by atoms with Crippen molar-refractivity contribution >= 4 is 0 Å². The fourth-order valence-electron chi connectivity index (χ4n) is 1.94. The molecule has 0 saturated carbocycles. The molecule has 4 nitrogen and oxygen atoms in total. The van der Waals surface area contributed by atoms with Gasteiger partial charge in [-0.25, -0.2) is 4.98 Å². The van der Waals surface area contributed by atoms with Crippen molar-refractivity contribution in [2.45, 2.75) is 39.5 Å². The van der Waals surface area contributed by atoms with Crippen LogP contribution < -0.4 is 10.5 Å². The molecule has 0 amide bonds. The van der Waals surface area contributed by atoms with Crippen LogP contribution in [0.25, 0.3) is 0 Å². The van der Waals surface area contributed by atoms with Crippen LogP contribution in [0, 0.1) is 0 Å². The number of hydrogen-bond donors (Lipinski definition) is 1. The molecule has 0 bridgehead atoms. The van der Waals surface area contributed by atoms with Gasteiger partial charge in [-0.15, -0.1) is 0 Å². The van der Waals surface area contributed by atoms with E-state index in [4.69, 9.17) is 10.5 Å². The molecule has 2 N–H and O–H groups in total. The number of aromatic nitrogens is 2. The van der Waals surface area contributed by atoms with Gasteiger partial charge in [0.25, 0.3) is 0 Å². The zero-order valence-electron chi connectivity index (χ0n) is 11.5. The lowest BCUT2D eigenvalue weighted by Gasteiger charge is -2.10. The molecule has 0 aliphatic heterocycles. The summed E-state index contributed by atoms with van der Waals surface area (Å²) in [4.78, 5) is 4.16. The van der Waals surface area contributed by atoms with Gasteiger partial charge in [0, 0.05) is 12.6 Å². The highest BCUT2D eigenvalue weighted by molar-refractivity contribution is 5.28. The Morgan fingerprint density at radius 1 is 1.32 bits per heavy atom. The molecule has 4 heteroatoms. The predicted molar refractivity (Wildman–Crippen MR) is 75.9 cm³/mol. The predicted octanol–water partition coefficient (Wildman–Crippen LogP) is 2.89. The quantitative estimate of drug-likeness (QED) is 0.867. The molecule has 0 aliphatic rings. The van der Waals surface area contributed by atoms with Crippen molar-refractivity contribution in [3.05, 3.63) is 48.0 Å². The summed E-state index contributed by atoms with van der Waals surface area (Å²) in [5.74, 6) is 0.855. The van der Waals surface area contributed by atoms with E-state index in [0.717, 1.165) is 30.0 Å². The molecule has 0 radical (unpaired) electrons. The topological polar surface area (TPSA) is 53.1 Å². The van der Waals surface area contributed by atoms with Gasteiger partial charge in [-0.2, -0.15) is 0 Å². The van der Waals surface area contributed by atoms with Crippen molar-refractivity contribution in [1.29, 1.82) is 0 Å². The first-order chi connectivity index (χ1) is 9.20. The van der Waals surface area contributed by atoms with Crippen LogP contribution >= 0.6 is 0 Å². The van der Waals surface area contributed by atoms with E-state index in [1.165, 1.54) is 0 Å². The summed E-state index contributed by atoms with van der Waals surface area (Å²) < 4.78 is 7.89. The zero-order chi connectivity index (χ0) is 13.7. The van der Waals surface area contributed by atoms with Crippen molar-refractivity contribution in [3.63, 3.8) is 0 Å². The third kappa shape index (κ3) is 3.58. The minimum atomic E-state index is 0.0556. The highest BCUT2D eigenvalue weighted by Gasteiger charge is 2.03. The number of nitrogens with two attached hydrogens (primary N) is 1. The maximum Gasteiger partial charge on any atom is 0.130 e. The molecular weight excluding hydrogens is 238 g/mol. The second-order valence-electron chi connectivity index (χ2n) is 4.72. The van der Waals surface area contributed by atoms with Crippen molar-refractivity contribution in [2.75, 3.05) is 0 Å². The molecule has 0 spiro atoms. The molecule has 0 aliphatic carbocycles. The third-order valence-electron chi connectivity index (χ3n) is 3.06. The van der Waals surface area contributed by atoms with E-state index in [-0.39, 0.29) is 6.04 Å². The first kappa shape index (κ1) is 13.6. The first-order valence-corrected chi connectivity index (χ1v) is 6.68. The Kier molecular flexibility index (Phi) is 4.58. The molecular formula is C15H21N3O. The number of aryl methyl sites for hydroxylation is 1. The van der Waals surface area contributed by atoms with E-state index < -0.39 is 0 Å². The minimum Gasteiger partial charge on any atom is -0.487 e. The smallest absolute Gasteiger partial charge is 0.130 e. The van der Waals surface area contributed by atoms with Gasteiger partial charge in [-0.05, 0) is 31.0 Å². The van der Waals surface area contributed by atoms with E-state index in [9.17, 15) is 0 Å². The van der Waals surface area contributed by atoms with Crippen molar-refractivity contribution in [1.82, 2.24) is 9.55 Å². The molecule has 1 aromatic heterocycles. The molecule has 2 rings (SSSR count). The standard InChI is InChI=1S/C15H21N3O/c1-3-8-18-11-17-9-14(18)10-19-15-6-4-13(5-7-15)12(2)16/h4-7,9,11-12H,3,8,10,16H2,1-2H3/t12-/m1/s1. The minimum absolute atomic E-state index is 0.0556. The Morgan fingerprint density at radius 3 is 2.68 bits per heavy atom. The molecule has 1 atom stereocenters. The average Bonchev–Trinajstić information content (AvgIpc) is 2.85. The molecule has 2 aromatic rings. The number of rotatable bonds is 6. The van der Waals surface area contributed by atoms with Gasteiger partial charge in [0.05, 0.1) is 18.2 Å². The second kappa shape index (κ2) is 6.38. The van der Waals surface area contributed by atoms with Gasteiger partial charge in [-0.3, -0.25) is 0 Å².